The normalized spacial score (nSPS) is 25.2. The fourth-order valence-corrected chi connectivity index (χ4v) is 8.59. The monoisotopic (exact) mass is 633 g/mol. The SMILES string of the molecule is CC[C@]1(COC)CN(c2nc(OC[C@@]34CCCN3C[C@H](F)C4)nc3c(F)c(-c4cccc5sc(N)c(C#N)c45)ccc23)CCN1. The van der Waals surface area contributed by atoms with Gasteiger partial charge < -0.3 is 25.4 Å². The molecule has 45 heavy (non-hydrogen) atoms. The van der Waals surface area contributed by atoms with Crippen LogP contribution in [0.3, 0.4) is 0 Å². The lowest BCUT2D eigenvalue weighted by atomic mass is 9.93. The van der Waals surface area contributed by atoms with Crippen molar-refractivity contribution in [2.75, 3.05) is 63.7 Å². The van der Waals surface area contributed by atoms with Crippen LogP contribution in [-0.4, -0.2) is 85.2 Å². The van der Waals surface area contributed by atoms with Crippen LogP contribution < -0.4 is 20.7 Å². The predicted molar refractivity (Wildman–Crippen MR) is 173 cm³/mol. The van der Waals surface area contributed by atoms with Gasteiger partial charge in [0.2, 0.25) is 0 Å². The molecule has 0 saturated carbocycles. The lowest BCUT2D eigenvalue weighted by molar-refractivity contribution is 0.101. The molecule has 3 fully saturated rings. The summed E-state index contributed by atoms with van der Waals surface area (Å²) < 4.78 is 44.0. The van der Waals surface area contributed by atoms with Crippen molar-refractivity contribution >= 4 is 43.1 Å². The Labute approximate surface area is 264 Å². The number of anilines is 2. The van der Waals surface area contributed by atoms with Gasteiger partial charge in [-0.3, -0.25) is 4.90 Å². The molecule has 0 radical (unpaired) electrons. The van der Waals surface area contributed by atoms with E-state index < -0.39 is 17.5 Å². The molecule has 12 heteroatoms. The summed E-state index contributed by atoms with van der Waals surface area (Å²) in [6.07, 6.45) is 2.18. The molecule has 3 N–H and O–H groups in total. The zero-order chi connectivity index (χ0) is 31.3. The largest absolute Gasteiger partial charge is 0.461 e. The molecule has 3 aliphatic rings. The van der Waals surface area contributed by atoms with Gasteiger partial charge in [-0.2, -0.15) is 15.2 Å². The number of fused-ring (bicyclic) bond motifs is 3. The van der Waals surface area contributed by atoms with Crippen molar-refractivity contribution in [2.45, 2.75) is 49.9 Å². The number of benzene rings is 2. The summed E-state index contributed by atoms with van der Waals surface area (Å²) in [5, 5.41) is 15.1. The Morgan fingerprint density at radius 1 is 1.20 bits per heavy atom. The summed E-state index contributed by atoms with van der Waals surface area (Å²) in [4.78, 5) is 13.9. The van der Waals surface area contributed by atoms with E-state index in [1.807, 2.05) is 18.2 Å². The quantitative estimate of drug-likeness (QED) is 0.268. The van der Waals surface area contributed by atoms with Crippen molar-refractivity contribution in [1.29, 1.82) is 5.26 Å². The van der Waals surface area contributed by atoms with E-state index in [0.29, 0.717) is 77.5 Å². The van der Waals surface area contributed by atoms with E-state index in [0.717, 1.165) is 30.5 Å². The van der Waals surface area contributed by atoms with Crippen molar-refractivity contribution in [3.8, 4) is 23.2 Å². The van der Waals surface area contributed by atoms with Gasteiger partial charge in [0, 0.05) is 60.7 Å². The van der Waals surface area contributed by atoms with Crippen LogP contribution in [0.4, 0.5) is 19.6 Å². The van der Waals surface area contributed by atoms with E-state index >= 15 is 4.39 Å². The average molecular weight is 634 g/mol. The molecule has 7 rings (SSSR count). The Balaban J connectivity index is 1.35. The van der Waals surface area contributed by atoms with Crippen molar-refractivity contribution in [3.05, 3.63) is 41.7 Å². The highest BCUT2D eigenvalue weighted by atomic mass is 32.1. The number of halogens is 2. The molecule has 0 spiro atoms. The zero-order valence-electron chi connectivity index (χ0n) is 25.5. The topological polar surface area (TPSA) is 113 Å². The Morgan fingerprint density at radius 3 is 2.87 bits per heavy atom. The Morgan fingerprint density at radius 2 is 2.07 bits per heavy atom. The second kappa shape index (κ2) is 11.6. The van der Waals surface area contributed by atoms with Crippen LogP contribution in [0.15, 0.2) is 30.3 Å². The number of nitrogen functional groups attached to an aromatic ring is 1. The molecular weight excluding hydrogens is 596 g/mol. The number of thiophene rings is 1. The minimum Gasteiger partial charge on any atom is -0.461 e. The Bertz CT molecular complexity index is 1810. The lowest BCUT2D eigenvalue weighted by Gasteiger charge is -2.43. The first-order chi connectivity index (χ1) is 21.8. The predicted octanol–water partition coefficient (Wildman–Crippen LogP) is 5.26. The maximum atomic E-state index is 16.8. The van der Waals surface area contributed by atoms with E-state index in [4.69, 9.17) is 20.2 Å². The number of nitrogens with zero attached hydrogens (tertiary/aromatic N) is 5. The molecule has 4 aromatic rings. The van der Waals surface area contributed by atoms with Crippen LogP contribution in [0.25, 0.3) is 32.1 Å². The molecule has 236 valence electrons. The van der Waals surface area contributed by atoms with E-state index in [1.165, 1.54) is 11.3 Å². The number of nitrogens with two attached hydrogens (primary N) is 1. The van der Waals surface area contributed by atoms with Crippen LogP contribution >= 0.6 is 11.3 Å². The molecule has 5 heterocycles. The molecular formula is C33H37F2N7O2S. The zero-order valence-corrected chi connectivity index (χ0v) is 26.4. The molecule has 3 saturated heterocycles. The summed E-state index contributed by atoms with van der Waals surface area (Å²) in [6.45, 7) is 6.09. The first-order valence-corrected chi connectivity index (χ1v) is 16.3. The molecule has 0 aliphatic carbocycles. The van der Waals surface area contributed by atoms with Crippen LogP contribution in [0.1, 0.15) is 38.2 Å². The average Bonchev–Trinajstić information content (AvgIpc) is 3.68. The van der Waals surface area contributed by atoms with Crippen LogP contribution in [-0.2, 0) is 4.74 Å². The first kappa shape index (κ1) is 30.0. The molecule has 3 atom stereocenters. The number of aromatic nitrogens is 2. The standard InChI is InChI=1S/C33H37F2N7O2S/c1-3-32(18-43-2)17-41(13-11-38-32)30-23-9-8-22(21-6-4-7-25-26(21)24(15-36)29(37)45-25)27(35)28(23)39-31(40-30)44-19-33-10-5-12-42(33)16-20(34)14-33/h4,6-9,20,38H,3,5,10-14,16-19,37H2,1-2H3/t20-,32-,33+/m1/s1. The van der Waals surface area contributed by atoms with Gasteiger partial charge in [-0.15, -0.1) is 11.3 Å². The minimum atomic E-state index is -0.891. The maximum absolute atomic E-state index is 16.8. The second-order valence-electron chi connectivity index (χ2n) is 12.6. The molecule has 2 aromatic heterocycles. The second-order valence-corrected chi connectivity index (χ2v) is 13.6. The number of alkyl halides is 1. The molecule has 0 unspecified atom stereocenters. The highest BCUT2D eigenvalue weighted by Gasteiger charge is 2.49. The van der Waals surface area contributed by atoms with Gasteiger partial charge in [0.05, 0.1) is 23.2 Å². The number of nitrogens with one attached hydrogen (secondary N) is 1. The van der Waals surface area contributed by atoms with E-state index in [1.54, 1.807) is 19.2 Å². The van der Waals surface area contributed by atoms with Crippen molar-refractivity contribution in [2.24, 2.45) is 0 Å². The molecule has 3 aliphatic heterocycles. The third kappa shape index (κ3) is 5.06. The van der Waals surface area contributed by atoms with Gasteiger partial charge in [0.1, 0.15) is 35.2 Å². The first-order valence-electron chi connectivity index (χ1n) is 15.5. The summed E-state index contributed by atoms with van der Waals surface area (Å²) in [6, 6.07) is 11.4. The van der Waals surface area contributed by atoms with Crippen LogP contribution in [0.2, 0.25) is 0 Å². The smallest absolute Gasteiger partial charge is 0.319 e. The fraction of sp³-hybridized carbons (Fsp3) is 0.485. The van der Waals surface area contributed by atoms with Gasteiger partial charge in [0.25, 0.3) is 0 Å². The third-order valence-corrected chi connectivity index (χ3v) is 10.9. The van der Waals surface area contributed by atoms with E-state index in [-0.39, 0.29) is 23.7 Å². The van der Waals surface area contributed by atoms with E-state index in [9.17, 15) is 9.65 Å². The lowest BCUT2D eigenvalue weighted by Crippen LogP contribution is -2.62. The Kier molecular flexibility index (Phi) is 7.76. The van der Waals surface area contributed by atoms with Gasteiger partial charge >= 0.3 is 6.01 Å². The van der Waals surface area contributed by atoms with Gasteiger partial charge in [-0.25, -0.2) is 8.78 Å². The van der Waals surface area contributed by atoms with Gasteiger partial charge in [-0.05, 0) is 43.5 Å². The minimum absolute atomic E-state index is 0.0696. The molecule has 9 nitrogen and oxygen atoms in total. The molecule has 0 amide bonds. The fourth-order valence-electron chi connectivity index (χ4n) is 7.64. The number of nitriles is 1. The van der Waals surface area contributed by atoms with Crippen molar-refractivity contribution in [1.82, 2.24) is 20.2 Å². The van der Waals surface area contributed by atoms with Gasteiger partial charge in [-0.1, -0.05) is 25.1 Å². The van der Waals surface area contributed by atoms with Crippen molar-refractivity contribution in [3.63, 3.8) is 0 Å². The maximum Gasteiger partial charge on any atom is 0.319 e. The van der Waals surface area contributed by atoms with E-state index in [2.05, 4.69) is 33.1 Å². The number of methoxy groups -OCH3 is 1. The number of rotatable bonds is 8. The summed E-state index contributed by atoms with van der Waals surface area (Å²) >= 11 is 1.31. The summed E-state index contributed by atoms with van der Waals surface area (Å²) in [7, 11) is 1.69. The highest BCUT2D eigenvalue weighted by Crippen LogP contribution is 2.43. The highest BCUT2D eigenvalue weighted by molar-refractivity contribution is 7.23. The third-order valence-electron chi connectivity index (χ3n) is 9.91. The van der Waals surface area contributed by atoms with Gasteiger partial charge in [0.15, 0.2) is 5.82 Å². The Hall–Kier alpha value is -3.63. The number of hydrogen-bond donors (Lipinski definition) is 2. The summed E-state index contributed by atoms with van der Waals surface area (Å²) in [5.41, 5.74) is 6.84. The number of hydrogen-bond acceptors (Lipinski definition) is 10. The van der Waals surface area contributed by atoms with Crippen LogP contribution in [0, 0.1) is 17.1 Å². The molecule has 2 aromatic carbocycles. The number of ether oxygens (including phenoxy) is 2. The van der Waals surface area contributed by atoms with Crippen LogP contribution in [0.5, 0.6) is 6.01 Å². The number of piperazine rings is 1. The van der Waals surface area contributed by atoms with Crippen molar-refractivity contribution < 1.29 is 18.3 Å². The summed E-state index contributed by atoms with van der Waals surface area (Å²) in [5.74, 6) is 0.0587. The molecule has 0 bridgehead atoms.